The van der Waals surface area contributed by atoms with Crippen molar-refractivity contribution in [3.8, 4) is 0 Å². The maximum Gasteiger partial charge on any atom is 0.372 e. The fraction of sp³-hybridized carbons (Fsp3) is 0.750. The molecule has 2 unspecified atom stereocenters. The van der Waals surface area contributed by atoms with Gasteiger partial charge >= 0.3 is 11.9 Å². The highest BCUT2D eigenvalue weighted by Gasteiger charge is 2.18. The van der Waals surface area contributed by atoms with Gasteiger partial charge in [0.2, 0.25) is 5.78 Å². The molecule has 6 heteroatoms. The van der Waals surface area contributed by atoms with Crippen LogP contribution < -0.4 is 5.73 Å². The number of hydrogen-bond acceptors (Lipinski definition) is 4. The number of carboxylic acids is 2. The molecule has 3 atom stereocenters. The van der Waals surface area contributed by atoms with Gasteiger partial charge in [0.05, 0.1) is 0 Å². The highest BCUT2D eigenvalue weighted by Crippen LogP contribution is 2.04. The van der Waals surface area contributed by atoms with Crippen LogP contribution in [0.4, 0.5) is 0 Å². The van der Waals surface area contributed by atoms with Crippen molar-refractivity contribution in [2.24, 2.45) is 17.6 Å². The number of carbonyl (C=O) groups is 3. The lowest BCUT2D eigenvalue weighted by molar-refractivity contribution is -0.150. The number of nitrogens with two attached hydrogens (primary N) is 1. The van der Waals surface area contributed by atoms with Crippen LogP contribution in [0.25, 0.3) is 0 Å². The van der Waals surface area contributed by atoms with Gasteiger partial charge < -0.3 is 15.9 Å². The summed E-state index contributed by atoms with van der Waals surface area (Å²) in [7, 11) is 0. The maximum absolute atomic E-state index is 10.5. The molecule has 0 rings (SSSR count). The third-order valence-corrected chi connectivity index (χ3v) is 2.81. The standard InChI is InChI=1S/C6H13NO2.C6H10O3/c2*1-3-4(2)5(7)6(8)9/h4-5H,3,7H2,1-2H3,(H,8,9);4H,3H2,1-2H3,(H,8,9)/t4?,5-;/m0./s1. The lowest BCUT2D eigenvalue weighted by atomic mass is 10.0. The summed E-state index contributed by atoms with van der Waals surface area (Å²) in [6.07, 6.45) is 1.40. The Morgan fingerprint density at radius 3 is 1.61 bits per heavy atom. The van der Waals surface area contributed by atoms with Crippen molar-refractivity contribution in [2.45, 2.75) is 46.6 Å². The molecule has 0 saturated carbocycles. The van der Waals surface area contributed by atoms with E-state index in [4.69, 9.17) is 15.9 Å². The van der Waals surface area contributed by atoms with Gasteiger partial charge in [-0.3, -0.25) is 9.59 Å². The highest BCUT2D eigenvalue weighted by atomic mass is 16.4. The Morgan fingerprint density at radius 1 is 1.06 bits per heavy atom. The fourth-order valence-electron chi connectivity index (χ4n) is 0.894. The van der Waals surface area contributed by atoms with Gasteiger partial charge in [0, 0.05) is 5.92 Å². The van der Waals surface area contributed by atoms with Crippen LogP contribution in [-0.2, 0) is 14.4 Å². The van der Waals surface area contributed by atoms with Crippen molar-refractivity contribution < 1.29 is 24.6 Å². The second-order valence-electron chi connectivity index (χ2n) is 4.23. The number of carbonyl (C=O) groups excluding carboxylic acids is 1. The van der Waals surface area contributed by atoms with Crippen LogP contribution in [0.15, 0.2) is 0 Å². The minimum atomic E-state index is -1.33. The zero-order chi connectivity index (χ0) is 14.9. The third-order valence-electron chi connectivity index (χ3n) is 2.81. The van der Waals surface area contributed by atoms with Gasteiger partial charge in [-0.2, -0.15) is 0 Å². The Labute approximate surface area is 107 Å². The van der Waals surface area contributed by atoms with E-state index in [2.05, 4.69) is 0 Å². The number of hydrogen-bond donors (Lipinski definition) is 3. The van der Waals surface area contributed by atoms with Crippen LogP contribution >= 0.6 is 0 Å². The molecule has 0 amide bonds. The Hall–Kier alpha value is -1.43. The van der Waals surface area contributed by atoms with E-state index in [1.807, 2.05) is 13.8 Å². The molecule has 0 heterocycles. The van der Waals surface area contributed by atoms with Crippen molar-refractivity contribution in [3.05, 3.63) is 0 Å². The summed E-state index contributed by atoms with van der Waals surface area (Å²) in [6, 6.07) is -0.699. The lowest BCUT2D eigenvalue weighted by Gasteiger charge is -2.11. The summed E-state index contributed by atoms with van der Waals surface area (Å²) >= 11 is 0. The van der Waals surface area contributed by atoms with Crippen LogP contribution in [0.3, 0.4) is 0 Å². The molecule has 4 N–H and O–H groups in total. The zero-order valence-corrected chi connectivity index (χ0v) is 11.3. The van der Waals surface area contributed by atoms with Crippen LogP contribution in [-0.4, -0.2) is 34.0 Å². The summed E-state index contributed by atoms with van der Waals surface area (Å²) in [5.41, 5.74) is 5.27. The van der Waals surface area contributed by atoms with Crippen molar-refractivity contribution in [3.63, 3.8) is 0 Å². The molecule has 0 fully saturated rings. The Kier molecular flexibility index (Phi) is 10.1. The minimum Gasteiger partial charge on any atom is -0.480 e. The molecule has 0 aliphatic heterocycles. The van der Waals surface area contributed by atoms with Gasteiger partial charge in [-0.15, -0.1) is 0 Å². The van der Waals surface area contributed by atoms with Crippen molar-refractivity contribution in [1.29, 1.82) is 0 Å². The summed E-state index contributed by atoms with van der Waals surface area (Å²) in [6.45, 7) is 7.15. The van der Waals surface area contributed by atoms with E-state index in [1.165, 1.54) is 0 Å². The molecular weight excluding hydrogens is 238 g/mol. The van der Waals surface area contributed by atoms with Crippen LogP contribution in [0, 0.1) is 11.8 Å². The molecule has 0 aromatic heterocycles. The van der Waals surface area contributed by atoms with Crippen molar-refractivity contribution in [1.82, 2.24) is 0 Å². The van der Waals surface area contributed by atoms with E-state index < -0.39 is 23.8 Å². The number of Topliss-reactive ketones (excluding diaryl/α,β-unsaturated/α-hetero) is 1. The molecule has 0 radical (unpaired) electrons. The molecule has 0 aromatic rings. The van der Waals surface area contributed by atoms with Gasteiger partial charge in [0.15, 0.2) is 0 Å². The lowest BCUT2D eigenvalue weighted by Crippen LogP contribution is -2.36. The van der Waals surface area contributed by atoms with Crippen LogP contribution in [0.2, 0.25) is 0 Å². The Balaban J connectivity index is 0. The quantitative estimate of drug-likeness (QED) is 0.617. The van der Waals surface area contributed by atoms with E-state index in [0.29, 0.717) is 6.42 Å². The second-order valence-corrected chi connectivity index (χ2v) is 4.23. The topological polar surface area (TPSA) is 118 Å². The highest BCUT2D eigenvalue weighted by molar-refractivity contribution is 6.33. The van der Waals surface area contributed by atoms with Gasteiger partial charge in [-0.05, 0) is 12.3 Å². The third kappa shape index (κ3) is 7.78. The van der Waals surface area contributed by atoms with Crippen molar-refractivity contribution in [2.75, 3.05) is 0 Å². The van der Waals surface area contributed by atoms with E-state index in [-0.39, 0.29) is 11.8 Å². The van der Waals surface area contributed by atoms with E-state index in [0.717, 1.165) is 6.42 Å². The van der Waals surface area contributed by atoms with E-state index in [1.54, 1.807) is 13.8 Å². The van der Waals surface area contributed by atoms with Gasteiger partial charge in [-0.1, -0.05) is 34.1 Å². The van der Waals surface area contributed by atoms with Crippen LogP contribution in [0.5, 0.6) is 0 Å². The van der Waals surface area contributed by atoms with E-state index >= 15 is 0 Å². The summed E-state index contributed by atoms with van der Waals surface area (Å²) in [4.78, 5) is 30.6. The largest absolute Gasteiger partial charge is 0.480 e. The molecule has 0 spiro atoms. The number of aliphatic carboxylic acids is 2. The molecule has 106 valence electrons. The predicted octanol–water partition coefficient (Wildman–Crippen LogP) is 1.13. The maximum atomic E-state index is 10.5. The average molecular weight is 261 g/mol. The van der Waals surface area contributed by atoms with Gasteiger partial charge in [-0.25, -0.2) is 4.79 Å². The van der Waals surface area contributed by atoms with E-state index in [9.17, 15) is 14.4 Å². The number of ketones is 1. The normalized spacial score (nSPS) is 14.7. The first-order valence-electron chi connectivity index (χ1n) is 5.94. The molecule has 0 aliphatic rings. The van der Waals surface area contributed by atoms with Crippen molar-refractivity contribution >= 4 is 17.7 Å². The monoisotopic (exact) mass is 261 g/mol. The molecular formula is C12H23NO5. The molecule has 0 aromatic carbocycles. The second kappa shape index (κ2) is 9.58. The number of carboxylic acid groups (broad SMARTS) is 2. The average Bonchev–Trinajstić information content (AvgIpc) is 2.35. The molecule has 0 bridgehead atoms. The van der Waals surface area contributed by atoms with Gasteiger partial charge in [0.1, 0.15) is 6.04 Å². The first-order chi connectivity index (χ1) is 8.18. The first kappa shape index (κ1) is 18.9. The summed E-state index contributed by atoms with van der Waals surface area (Å²) in [5.74, 6) is -3.21. The van der Waals surface area contributed by atoms with Gasteiger partial charge in [0.25, 0.3) is 0 Å². The molecule has 6 nitrogen and oxygen atoms in total. The first-order valence-corrected chi connectivity index (χ1v) is 5.94. The Bertz CT molecular complexity index is 290. The molecule has 0 saturated heterocycles. The SMILES string of the molecule is CCC(C)C(=O)C(=O)O.CCC(C)[C@H](N)C(=O)O. The summed E-state index contributed by atoms with van der Waals surface area (Å²) in [5, 5.41) is 16.5. The molecule has 0 aliphatic carbocycles. The smallest absolute Gasteiger partial charge is 0.372 e. The fourth-order valence-corrected chi connectivity index (χ4v) is 0.894. The van der Waals surface area contributed by atoms with Crippen LogP contribution in [0.1, 0.15) is 40.5 Å². The number of rotatable bonds is 6. The minimum absolute atomic E-state index is 0.0718. The Morgan fingerprint density at radius 2 is 1.50 bits per heavy atom. The molecule has 18 heavy (non-hydrogen) atoms. The zero-order valence-electron chi connectivity index (χ0n) is 11.3. The predicted molar refractivity (Wildman–Crippen MR) is 67.2 cm³/mol. The summed E-state index contributed by atoms with van der Waals surface area (Å²) < 4.78 is 0.